The lowest BCUT2D eigenvalue weighted by Crippen LogP contribution is -2.36. The Morgan fingerprint density at radius 2 is 1.33 bits per heavy atom. The number of ether oxygens (including phenoxy) is 5. The van der Waals surface area contributed by atoms with Crippen LogP contribution >= 0.6 is 0 Å². The maximum Gasteiger partial charge on any atom is 0.343 e. The molecule has 4 aromatic rings. The highest BCUT2D eigenvalue weighted by Crippen LogP contribution is 2.43. The minimum Gasteiger partial charge on any atom is -0.460 e. The van der Waals surface area contributed by atoms with Crippen LogP contribution < -0.4 is 14.2 Å². The molecule has 45 heavy (non-hydrogen) atoms. The molecule has 0 N–H and O–H groups in total. The van der Waals surface area contributed by atoms with Gasteiger partial charge in [0.15, 0.2) is 5.78 Å². The molecule has 1 fully saturated rings. The van der Waals surface area contributed by atoms with Crippen LogP contribution in [-0.2, 0) is 9.47 Å². The molecule has 2 atom stereocenters. The molecule has 0 spiro atoms. The number of ketones is 2. The van der Waals surface area contributed by atoms with Crippen LogP contribution in [0.2, 0.25) is 0 Å². The average Bonchev–Trinajstić information content (AvgIpc) is 3.55. The van der Waals surface area contributed by atoms with Gasteiger partial charge in [0, 0.05) is 17.6 Å². The van der Waals surface area contributed by atoms with Crippen molar-refractivity contribution in [2.24, 2.45) is 0 Å². The van der Waals surface area contributed by atoms with Gasteiger partial charge in [-0.2, -0.15) is 0 Å². The number of benzene rings is 4. The molecule has 2 aliphatic heterocycles. The molecule has 0 bridgehead atoms. The lowest BCUT2D eigenvalue weighted by atomic mass is 9.81. The van der Waals surface area contributed by atoms with Crippen LogP contribution in [0.25, 0.3) is 0 Å². The van der Waals surface area contributed by atoms with Gasteiger partial charge in [0.05, 0.1) is 47.1 Å². The van der Waals surface area contributed by atoms with Crippen LogP contribution in [0.3, 0.4) is 0 Å². The highest BCUT2D eigenvalue weighted by molar-refractivity contribution is 6.31. The Balaban J connectivity index is 1.34. The minimum absolute atomic E-state index is 0.0124. The Labute approximate surface area is 257 Å². The Kier molecular flexibility index (Phi) is 7.32. The first-order chi connectivity index (χ1) is 21.9. The Hall–Kier alpha value is -5.38. The van der Waals surface area contributed by atoms with Crippen LogP contribution in [0.15, 0.2) is 96.6 Å². The van der Waals surface area contributed by atoms with E-state index in [2.05, 4.69) is 0 Å². The van der Waals surface area contributed by atoms with E-state index in [0.717, 1.165) is 5.57 Å². The van der Waals surface area contributed by atoms with E-state index in [1.807, 2.05) is 6.08 Å². The lowest BCUT2D eigenvalue weighted by molar-refractivity contribution is -0.0968. The van der Waals surface area contributed by atoms with Crippen molar-refractivity contribution in [1.29, 1.82) is 0 Å². The summed E-state index contributed by atoms with van der Waals surface area (Å²) in [5.74, 6) is -2.74. The Bertz CT molecular complexity index is 1890. The standard InChI is InChI=1S/C36H26O9/c1-20-18-24-29(28(19-20)44-35(40)22-10-6-3-7-11-22)33(38)31-27(45-36-23-14-16-41-25(23)15-17-42-36)13-12-26(30(31)32(24)37)43-34(39)21-8-4-2-5-9-21/h2-14,18-19,25,36H,15-17H2,1H3. The quantitative estimate of drug-likeness (QED) is 0.138. The zero-order valence-corrected chi connectivity index (χ0v) is 24.1. The number of fused-ring (bicyclic) bond motifs is 3. The topological polar surface area (TPSA) is 114 Å². The summed E-state index contributed by atoms with van der Waals surface area (Å²) in [6, 6.07) is 22.6. The van der Waals surface area contributed by atoms with Gasteiger partial charge in [-0.1, -0.05) is 42.5 Å². The predicted molar refractivity (Wildman–Crippen MR) is 160 cm³/mol. The van der Waals surface area contributed by atoms with E-state index >= 15 is 0 Å². The summed E-state index contributed by atoms with van der Waals surface area (Å²) in [6.45, 7) is 2.50. The van der Waals surface area contributed by atoms with Crippen molar-refractivity contribution in [2.75, 3.05) is 13.2 Å². The van der Waals surface area contributed by atoms with Gasteiger partial charge in [-0.3, -0.25) is 9.59 Å². The van der Waals surface area contributed by atoms with Crippen molar-refractivity contribution in [3.8, 4) is 17.2 Å². The number of hydrogen-bond acceptors (Lipinski definition) is 9. The van der Waals surface area contributed by atoms with E-state index in [0.29, 0.717) is 25.2 Å². The smallest absolute Gasteiger partial charge is 0.343 e. The largest absolute Gasteiger partial charge is 0.460 e. The van der Waals surface area contributed by atoms with E-state index in [1.165, 1.54) is 18.2 Å². The van der Waals surface area contributed by atoms with Crippen LogP contribution in [0.5, 0.6) is 17.2 Å². The lowest BCUT2D eigenvalue weighted by Gasteiger charge is -2.31. The summed E-state index contributed by atoms with van der Waals surface area (Å²) in [5.41, 5.74) is 1.57. The van der Waals surface area contributed by atoms with E-state index < -0.39 is 29.8 Å². The number of aryl methyl sites for hydroxylation is 1. The van der Waals surface area contributed by atoms with Crippen molar-refractivity contribution in [3.63, 3.8) is 0 Å². The fraction of sp³-hybridized carbons (Fsp3) is 0.167. The molecule has 1 saturated heterocycles. The molecule has 1 aliphatic carbocycles. The number of hydrogen-bond donors (Lipinski definition) is 0. The summed E-state index contributed by atoms with van der Waals surface area (Å²) in [4.78, 5) is 54.9. The van der Waals surface area contributed by atoms with E-state index in [1.54, 1.807) is 73.7 Å². The molecule has 0 saturated carbocycles. The normalized spacial score (nSPS) is 18.3. The number of esters is 2. The first-order valence-corrected chi connectivity index (χ1v) is 14.4. The Morgan fingerprint density at radius 3 is 2.02 bits per heavy atom. The van der Waals surface area contributed by atoms with Gasteiger partial charge in [0.25, 0.3) is 0 Å². The first kappa shape index (κ1) is 28.4. The van der Waals surface area contributed by atoms with Gasteiger partial charge >= 0.3 is 11.9 Å². The van der Waals surface area contributed by atoms with Crippen molar-refractivity contribution in [1.82, 2.24) is 0 Å². The molecular formula is C36H26O9. The second kappa shape index (κ2) is 11.6. The summed E-state index contributed by atoms with van der Waals surface area (Å²) in [6.07, 6.45) is 1.52. The molecule has 2 unspecified atom stereocenters. The summed E-state index contributed by atoms with van der Waals surface area (Å²) in [5, 5.41) is 0. The van der Waals surface area contributed by atoms with Crippen molar-refractivity contribution < 1.29 is 42.9 Å². The van der Waals surface area contributed by atoms with Crippen LogP contribution in [0, 0.1) is 6.92 Å². The third-order valence-corrected chi connectivity index (χ3v) is 7.87. The van der Waals surface area contributed by atoms with Gasteiger partial charge in [-0.15, -0.1) is 0 Å². The van der Waals surface area contributed by atoms with E-state index in [4.69, 9.17) is 23.7 Å². The minimum atomic E-state index is -0.856. The highest BCUT2D eigenvalue weighted by Gasteiger charge is 2.40. The fourth-order valence-electron chi connectivity index (χ4n) is 5.75. The molecule has 7 rings (SSSR count). The third-order valence-electron chi connectivity index (χ3n) is 7.87. The zero-order chi connectivity index (χ0) is 31.1. The second-order valence-electron chi connectivity index (χ2n) is 10.8. The third kappa shape index (κ3) is 5.22. The highest BCUT2D eigenvalue weighted by atomic mass is 16.7. The van der Waals surface area contributed by atoms with Crippen molar-refractivity contribution in [3.05, 3.63) is 136 Å². The number of rotatable bonds is 6. The molecule has 4 aromatic carbocycles. The number of carbonyl (C=O) groups excluding carboxylic acids is 4. The maximum atomic E-state index is 14.5. The van der Waals surface area contributed by atoms with Gasteiger partial charge in [-0.05, 0) is 61.0 Å². The molecule has 224 valence electrons. The van der Waals surface area contributed by atoms with E-state index in [-0.39, 0.29) is 56.7 Å². The van der Waals surface area contributed by atoms with Gasteiger partial charge < -0.3 is 23.7 Å². The SMILES string of the molecule is Cc1cc(OC(=O)c2ccccc2)c2c(c1)C(=O)c1c(OC(=O)c3ccccc3)ccc(OC3OCCC4OCC=C43)c1C2=O. The molecule has 2 heterocycles. The predicted octanol–water partition coefficient (Wildman–Crippen LogP) is 5.66. The molecule has 0 amide bonds. The number of carbonyl (C=O) groups is 4. The van der Waals surface area contributed by atoms with Crippen LogP contribution in [-0.4, -0.2) is 49.1 Å². The second-order valence-corrected chi connectivity index (χ2v) is 10.8. The van der Waals surface area contributed by atoms with Crippen molar-refractivity contribution >= 4 is 23.5 Å². The van der Waals surface area contributed by atoms with Gasteiger partial charge in [-0.25, -0.2) is 9.59 Å². The fourth-order valence-corrected chi connectivity index (χ4v) is 5.75. The summed E-state index contributed by atoms with van der Waals surface area (Å²) in [7, 11) is 0. The molecule has 3 aliphatic rings. The van der Waals surface area contributed by atoms with E-state index in [9.17, 15) is 19.2 Å². The van der Waals surface area contributed by atoms with Crippen LogP contribution in [0.4, 0.5) is 0 Å². The zero-order valence-electron chi connectivity index (χ0n) is 24.1. The Morgan fingerprint density at radius 1 is 0.711 bits per heavy atom. The molecular weight excluding hydrogens is 576 g/mol. The monoisotopic (exact) mass is 602 g/mol. The van der Waals surface area contributed by atoms with Gasteiger partial charge in [0.2, 0.25) is 12.1 Å². The molecule has 9 heteroatoms. The summed E-state index contributed by atoms with van der Waals surface area (Å²) >= 11 is 0. The maximum absolute atomic E-state index is 14.5. The first-order valence-electron chi connectivity index (χ1n) is 14.4. The summed E-state index contributed by atoms with van der Waals surface area (Å²) < 4.78 is 29.3. The van der Waals surface area contributed by atoms with Crippen LogP contribution in [0.1, 0.15) is 64.5 Å². The molecule has 9 nitrogen and oxygen atoms in total. The molecule has 0 radical (unpaired) electrons. The van der Waals surface area contributed by atoms with Gasteiger partial charge in [0.1, 0.15) is 17.2 Å². The average molecular weight is 603 g/mol. The molecule has 0 aromatic heterocycles. The van der Waals surface area contributed by atoms with Crippen molar-refractivity contribution in [2.45, 2.75) is 25.7 Å².